The van der Waals surface area contributed by atoms with Crippen LogP contribution in [0.5, 0.6) is 11.5 Å². The summed E-state index contributed by atoms with van der Waals surface area (Å²) in [4.78, 5) is 23.3. The lowest BCUT2D eigenvalue weighted by molar-refractivity contribution is 0.0686. The van der Waals surface area contributed by atoms with Gasteiger partial charge in [0.05, 0.1) is 11.1 Å². The molecule has 0 atom stereocenters. The number of benzene rings is 6. The van der Waals surface area contributed by atoms with Crippen molar-refractivity contribution in [2.24, 2.45) is 0 Å². The Balaban J connectivity index is 1.73. The van der Waals surface area contributed by atoms with Crippen molar-refractivity contribution in [3.8, 4) is 44.9 Å². The summed E-state index contributed by atoms with van der Waals surface area (Å²) in [7, 11) is 0. The van der Waals surface area contributed by atoms with Crippen molar-refractivity contribution in [1.29, 1.82) is 0 Å². The summed E-state index contributed by atoms with van der Waals surface area (Å²) >= 11 is 0. The van der Waals surface area contributed by atoms with Crippen molar-refractivity contribution in [1.82, 2.24) is 0 Å². The second kappa shape index (κ2) is 9.60. The maximum atomic E-state index is 11.8. The van der Waals surface area contributed by atoms with Gasteiger partial charge in [-0.15, -0.1) is 0 Å². The summed E-state index contributed by atoms with van der Waals surface area (Å²) in [6.45, 7) is 0. The molecule has 6 aromatic rings. The van der Waals surface area contributed by atoms with Gasteiger partial charge in [0.1, 0.15) is 11.5 Å². The predicted molar refractivity (Wildman–Crippen MR) is 155 cm³/mol. The Hall–Kier alpha value is -5.62. The number of aromatic hydroxyl groups is 2. The van der Waals surface area contributed by atoms with E-state index in [0.29, 0.717) is 44.2 Å². The number of aromatic carboxylic acids is 2. The minimum atomic E-state index is -1.08. The summed E-state index contributed by atoms with van der Waals surface area (Å²) in [6.07, 6.45) is 0. The van der Waals surface area contributed by atoms with Crippen LogP contribution in [0.4, 0.5) is 0 Å². The molecule has 0 heterocycles. The second-order valence-corrected chi connectivity index (χ2v) is 9.51. The van der Waals surface area contributed by atoms with Gasteiger partial charge in [0, 0.05) is 22.3 Å². The van der Waals surface area contributed by atoms with E-state index < -0.39 is 11.9 Å². The van der Waals surface area contributed by atoms with Crippen molar-refractivity contribution < 1.29 is 30.0 Å². The molecule has 0 spiro atoms. The molecule has 6 nitrogen and oxygen atoms in total. The van der Waals surface area contributed by atoms with Crippen LogP contribution in [0.15, 0.2) is 109 Å². The van der Waals surface area contributed by atoms with Crippen LogP contribution in [0.2, 0.25) is 0 Å². The summed E-state index contributed by atoms with van der Waals surface area (Å²) < 4.78 is 0. The topological polar surface area (TPSA) is 115 Å². The highest BCUT2D eigenvalue weighted by atomic mass is 16.4. The fourth-order valence-electron chi connectivity index (χ4n) is 5.26. The number of rotatable bonds is 5. The summed E-state index contributed by atoms with van der Waals surface area (Å²) in [5, 5.41) is 45.7. The van der Waals surface area contributed by atoms with Gasteiger partial charge in [-0.05, 0) is 69.1 Å². The van der Waals surface area contributed by atoms with Gasteiger partial charge in [-0.2, -0.15) is 0 Å². The van der Waals surface area contributed by atoms with Crippen LogP contribution in [-0.2, 0) is 0 Å². The van der Waals surface area contributed by atoms with E-state index in [1.165, 1.54) is 24.3 Å². The Labute approximate surface area is 228 Å². The Morgan fingerprint density at radius 1 is 0.475 bits per heavy atom. The average molecular weight is 527 g/mol. The van der Waals surface area contributed by atoms with E-state index in [0.717, 1.165) is 10.8 Å². The first-order valence-corrected chi connectivity index (χ1v) is 12.5. The van der Waals surface area contributed by atoms with Gasteiger partial charge in [0.15, 0.2) is 0 Å². The van der Waals surface area contributed by atoms with Gasteiger partial charge >= 0.3 is 11.9 Å². The molecule has 0 saturated heterocycles. The fraction of sp³-hybridized carbons (Fsp3) is 0. The molecule has 0 fully saturated rings. The number of carboxylic acid groups (broad SMARTS) is 2. The molecule has 0 aliphatic carbocycles. The van der Waals surface area contributed by atoms with Crippen LogP contribution in [0, 0.1) is 0 Å². The zero-order valence-electron chi connectivity index (χ0n) is 21.0. The third kappa shape index (κ3) is 4.08. The van der Waals surface area contributed by atoms with E-state index in [2.05, 4.69) is 0 Å². The SMILES string of the molecule is O=C(O)c1cccc(-c2cc3ccccc3c(-c3c(O)c(-c4cccc(C(=O)O)c4)cc4ccccc34)c2O)c1. The van der Waals surface area contributed by atoms with Crippen molar-refractivity contribution in [3.05, 3.63) is 120 Å². The zero-order valence-corrected chi connectivity index (χ0v) is 21.0. The molecular weight excluding hydrogens is 504 g/mol. The van der Waals surface area contributed by atoms with Crippen LogP contribution in [0.1, 0.15) is 20.7 Å². The average Bonchev–Trinajstić information content (AvgIpc) is 2.97. The maximum Gasteiger partial charge on any atom is 0.335 e. The highest BCUT2D eigenvalue weighted by Crippen LogP contribution is 2.51. The highest BCUT2D eigenvalue weighted by Gasteiger charge is 2.23. The molecule has 6 heteroatoms. The number of hydrogen-bond acceptors (Lipinski definition) is 4. The maximum absolute atomic E-state index is 11.8. The van der Waals surface area contributed by atoms with Crippen molar-refractivity contribution >= 4 is 33.5 Å². The second-order valence-electron chi connectivity index (χ2n) is 9.51. The number of phenols is 2. The standard InChI is InChI=1S/C34H22O6/c35-31-27(19-9-5-11-23(15-19)33(37)38)17-21-7-1-3-13-25(21)29(31)30-26-14-4-2-8-22(26)18-28(32(30)36)20-10-6-12-24(16-20)34(39)40/h1-18,35-36H,(H,37,38)(H,39,40). The molecular formula is C34H22O6. The van der Waals surface area contributed by atoms with Gasteiger partial charge in [-0.1, -0.05) is 72.8 Å². The minimum absolute atomic E-state index is 0.0835. The molecule has 0 radical (unpaired) electrons. The number of carboxylic acids is 2. The normalized spacial score (nSPS) is 11.1. The molecule has 0 aromatic heterocycles. The van der Waals surface area contributed by atoms with Gasteiger partial charge < -0.3 is 20.4 Å². The molecule has 4 N–H and O–H groups in total. The van der Waals surface area contributed by atoms with Crippen molar-refractivity contribution in [2.75, 3.05) is 0 Å². The molecule has 194 valence electrons. The fourth-order valence-corrected chi connectivity index (χ4v) is 5.26. The van der Waals surface area contributed by atoms with Crippen LogP contribution in [-0.4, -0.2) is 32.4 Å². The van der Waals surface area contributed by atoms with Gasteiger partial charge in [-0.3, -0.25) is 0 Å². The monoisotopic (exact) mass is 526 g/mol. The van der Waals surface area contributed by atoms with Crippen LogP contribution in [0.3, 0.4) is 0 Å². The Morgan fingerprint density at radius 2 is 0.875 bits per heavy atom. The Bertz CT molecular complexity index is 1840. The third-order valence-electron chi connectivity index (χ3n) is 7.13. The first-order valence-electron chi connectivity index (χ1n) is 12.5. The number of phenolic OH excluding ortho intramolecular Hbond substituents is 2. The minimum Gasteiger partial charge on any atom is -0.507 e. The largest absolute Gasteiger partial charge is 0.507 e. The van der Waals surface area contributed by atoms with Crippen molar-refractivity contribution in [2.45, 2.75) is 0 Å². The van der Waals surface area contributed by atoms with Crippen LogP contribution in [0.25, 0.3) is 54.9 Å². The lowest BCUT2D eigenvalue weighted by Crippen LogP contribution is -1.97. The van der Waals surface area contributed by atoms with E-state index in [9.17, 15) is 30.0 Å². The lowest BCUT2D eigenvalue weighted by Gasteiger charge is -2.19. The predicted octanol–water partition coefficient (Wildman–Crippen LogP) is 7.80. The summed E-state index contributed by atoms with van der Waals surface area (Å²) in [6, 6.07) is 31.2. The molecule has 0 bridgehead atoms. The van der Waals surface area contributed by atoms with Gasteiger partial charge in [0.25, 0.3) is 0 Å². The molecule has 0 unspecified atom stereocenters. The van der Waals surface area contributed by atoms with E-state index in [1.807, 2.05) is 48.5 Å². The van der Waals surface area contributed by atoms with E-state index >= 15 is 0 Å². The first kappa shape index (κ1) is 24.7. The molecule has 0 aliphatic heterocycles. The molecule has 0 amide bonds. The van der Waals surface area contributed by atoms with E-state index in [1.54, 1.807) is 36.4 Å². The third-order valence-corrected chi connectivity index (χ3v) is 7.13. The summed E-state index contributed by atoms with van der Waals surface area (Å²) in [5.41, 5.74) is 2.80. The van der Waals surface area contributed by atoms with Crippen LogP contribution >= 0.6 is 0 Å². The summed E-state index contributed by atoms with van der Waals surface area (Å²) in [5.74, 6) is -2.39. The van der Waals surface area contributed by atoms with Crippen molar-refractivity contribution in [3.63, 3.8) is 0 Å². The first-order chi connectivity index (χ1) is 19.3. The van der Waals surface area contributed by atoms with Gasteiger partial charge in [-0.25, -0.2) is 9.59 Å². The molecule has 40 heavy (non-hydrogen) atoms. The molecule has 6 rings (SSSR count). The smallest absolute Gasteiger partial charge is 0.335 e. The number of fused-ring (bicyclic) bond motifs is 2. The Kier molecular flexibility index (Phi) is 5.93. The molecule has 0 aliphatic rings. The zero-order chi connectivity index (χ0) is 28.0. The lowest BCUT2D eigenvalue weighted by atomic mass is 9.86. The Morgan fingerprint density at radius 3 is 1.27 bits per heavy atom. The highest BCUT2D eigenvalue weighted by molar-refractivity contribution is 6.14. The van der Waals surface area contributed by atoms with E-state index in [4.69, 9.17) is 0 Å². The number of carbonyl (C=O) groups is 2. The quantitative estimate of drug-likeness (QED) is 0.182. The molecule has 6 aromatic carbocycles. The van der Waals surface area contributed by atoms with Crippen LogP contribution < -0.4 is 0 Å². The van der Waals surface area contributed by atoms with Gasteiger partial charge in [0.2, 0.25) is 0 Å². The molecule has 0 saturated carbocycles. The number of hydrogen-bond donors (Lipinski definition) is 4. The van der Waals surface area contributed by atoms with E-state index in [-0.39, 0.29) is 22.6 Å².